The minimum absolute atomic E-state index is 0.0488. The molecule has 1 aliphatic heterocycles. The fourth-order valence-electron chi connectivity index (χ4n) is 3.63. The van der Waals surface area contributed by atoms with Gasteiger partial charge in [0, 0.05) is 5.69 Å². The molecule has 0 bridgehead atoms. The maximum absolute atomic E-state index is 13.5. The lowest BCUT2D eigenvalue weighted by atomic mass is 10.1. The van der Waals surface area contributed by atoms with Gasteiger partial charge in [0.25, 0.3) is 10.0 Å². The van der Waals surface area contributed by atoms with E-state index in [1.54, 1.807) is 0 Å². The Labute approximate surface area is 221 Å². The second-order valence-electron chi connectivity index (χ2n) is 9.80. The van der Waals surface area contributed by atoms with E-state index in [4.69, 9.17) is 10.5 Å². The van der Waals surface area contributed by atoms with E-state index in [0.717, 1.165) is 28.6 Å². The lowest BCUT2D eigenvalue weighted by Crippen LogP contribution is -2.51. The highest BCUT2D eigenvalue weighted by molar-refractivity contribution is 7.92. The summed E-state index contributed by atoms with van der Waals surface area (Å²) in [4.78, 5) is 24.2. The van der Waals surface area contributed by atoms with Crippen molar-refractivity contribution in [3.05, 3.63) is 48.3 Å². The number of anilines is 2. The van der Waals surface area contributed by atoms with Crippen LogP contribution in [0.15, 0.2) is 47.4 Å². The Morgan fingerprint density at radius 3 is 2.38 bits per heavy atom. The van der Waals surface area contributed by atoms with Gasteiger partial charge in [-0.1, -0.05) is 0 Å². The molecule has 2 aromatic carbocycles. The summed E-state index contributed by atoms with van der Waals surface area (Å²) in [6.45, 7) is 0.989. The van der Waals surface area contributed by atoms with Gasteiger partial charge in [-0.3, -0.25) is 14.4 Å². The van der Waals surface area contributed by atoms with E-state index in [-0.39, 0.29) is 35.1 Å². The Hall–Kier alpha value is -3.59. The van der Waals surface area contributed by atoms with Gasteiger partial charge in [0.2, 0.25) is 11.5 Å². The molecule has 1 aliphatic carbocycles. The Kier molecular flexibility index (Phi) is 7.19. The van der Waals surface area contributed by atoms with Crippen LogP contribution in [-0.4, -0.2) is 56.9 Å². The second-order valence-corrected chi connectivity index (χ2v) is 11.7. The lowest BCUT2D eigenvalue weighted by Gasteiger charge is -2.36. The highest BCUT2D eigenvalue weighted by Crippen LogP contribution is 2.40. The number of alkyl halides is 3. The third-order valence-corrected chi connectivity index (χ3v) is 8.09. The molecular weight excluding hydrogens is 548 g/mol. The molecule has 4 N–H and O–H groups in total. The monoisotopic (exact) mass is 574 g/mol. The van der Waals surface area contributed by atoms with Crippen LogP contribution in [0, 0.1) is 5.82 Å². The number of fused-ring (bicyclic) bond motifs is 1. The number of amides is 2. The van der Waals surface area contributed by atoms with Crippen LogP contribution in [-0.2, 0) is 19.6 Å². The SMILES string of the molecule is CC(C)(OC(=O)Nc1ccc2c(c1)N(S(=O)(=O)c1ccc(F)cc1)CC(CNC(=O)C1(N)CC1)O2)C(F)(F)F. The molecule has 10 nitrogen and oxygen atoms in total. The van der Waals surface area contributed by atoms with Crippen molar-refractivity contribution in [2.45, 2.75) is 55.0 Å². The number of nitrogens with zero attached hydrogens (tertiary/aromatic N) is 1. The molecule has 212 valence electrons. The first-order valence-electron chi connectivity index (χ1n) is 11.7. The van der Waals surface area contributed by atoms with Crippen LogP contribution < -0.4 is 25.4 Å². The van der Waals surface area contributed by atoms with Gasteiger partial charge in [0.15, 0.2) is 0 Å². The number of halogens is 4. The molecule has 0 saturated heterocycles. The Bertz CT molecular complexity index is 1380. The zero-order valence-corrected chi connectivity index (χ0v) is 21.7. The van der Waals surface area contributed by atoms with Gasteiger partial charge >= 0.3 is 12.3 Å². The van der Waals surface area contributed by atoms with Crippen LogP contribution in [0.2, 0.25) is 0 Å². The third-order valence-electron chi connectivity index (χ3n) is 6.30. The number of carbonyl (C=O) groups excluding carboxylic acids is 2. The number of sulfonamides is 1. The minimum atomic E-state index is -4.83. The van der Waals surface area contributed by atoms with Crippen molar-refractivity contribution in [2.75, 3.05) is 22.7 Å². The summed E-state index contributed by atoms with van der Waals surface area (Å²) in [5.74, 6) is -1.00. The van der Waals surface area contributed by atoms with Gasteiger partial charge in [0.1, 0.15) is 17.7 Å². The number of ether oxygens (including phenoxy) is 2. The largest absolute Gasteiger partial charge is 0.484 e. The highest BCUT2D eigenvalue weighted by Gasteiger charge is 2.51. The van der Waals surface area contributed by atoms with E-state index < -0.39 is 51.3 Å². The molecule has 39 heavy (non-hydrogen) atoms. The van der Waals surface area contributed by atoms with Crippen molar-refractivity contribution in [2.24, 2.45) is 5.73 Å². The van der Waals surface area contributed by atoms with Crippen molar-refractivity contribution < 1.29 is 45.0 Å². The molecule has 1 fully saturated rings. The van der Waals surface area contributed by atoms with E-state index in [2.05, 4.69) is 15.4 Å². The summed E-state index contributed by atoms with van der Waals surface area (Å²) in [5, 5.41) is 4.81. The molecule has 15 heteroatoms. The first kappa shape index (κ1) is 28.4. The normalized spacial score (nSPS) is 18.4. The molecule has 1 heterocycles. The molecule has 1 saturated carbocycles. The summed E-state index contributed by atoms with van der Waals surface area (Å²) >= 11 is 0. The van der Waals surface area contributed by atoms with Crippen molar-refractivity contribution in [1.82, 2.24) is 5.32 Å². The molecule has 1 atom stereocenters. The topological polar surface area (TPSA) is 140 Å². The van der Waals surface area contributed by atoms with Gasteiger partial charge in [-0.25, -0.2) is 17.6 Å². The Morgan fingerprint density at radius 2 is 1.79 bits per heavy atom. The van der Waals surface area contributed by atoms with Gasteiger partial charge in [0.05, 0.1) is 29.2 Å². The van der Waals surface area contributed by atoms with Crippen LogP contribution in [0.4, 0.5) is 33.7 Å². The third kappa shape index (κ3) is 6.03. The second kappa shape index (κ2) is 9.86. The quantitative estimate of drug-likeness (QED) is 0.431. The molecule has 1 unspecified atom stereocenters. The molecule has 0 aromatic heterocycles. The number of hydrogen-bond acceptors (Lipinski definition) is 7. The number of benzene rings is 2. The van der Waals surface area contributed by atoms with Crippen molar-refractivity contribution in [1.29, 1.82) is 0 Å². The van der Waals surface area contributed by atoms with Crippen LogP contribution >= 0.6 is 0 Å². The fraction of sp³-hybridized carbons (Fsp3) is 0.417. The van der Waals surface area contributed by atoms with Crippen LogP contribution in [0.25, 0.3) is 0 Å². The number of hydrogen-bond donors (Lipinski definition) is 3. The van der Waals surface area contributed by atoms with Gasteiger partial charge in [-0.2, -0.15) is 13.2 Å². The van der Waals surface area contributed by atoms with E-state index in [1.165, 1.54) is 18.2 Å². The van der Waals surface area contributed by atoms with Crippen LogP contribution in [0.3, 0.4) is 0 Å². The molecule has 0 spiro atoms. The minimum Gasteiger partial charge on any atom is -0.484 e. The number of rotatable bonds is 7. The first-order chi connectivity index (χ1) is 18.0. The van der Waals surface area contributed by atoms with E-state index in [9.17, 15) is 35.6 Å². The maximum atomic E-state index is 13.5. The van der Waals surface area contributed by atoms with Crippen molar-refractivity contribution >= 4 is 33.4 Å². The molecule has 2 amide bonds. The summed E-state index contributed by atoms with van der Waals surface area (Å²) in [6, 6.07) is 7.86. The van der Waals surface area contributed by atoms with Crippen molar-refractivity contribution in [3.63, 3.8) is 0 Å². The highest BCUT2D eigenvalue weighted by atomic mass is 32.2. The Morgan fingerprint density at radius 1 is 1.15 bits per heavy atom. The zero-order chi connectivity index (χ0) is 28.8. The van der Waals surface area contributed by atoms with Gasteiger partial charge in [-0.15, -0.1) is 0 Å². The molecular formula is C24H26F4N4O6S. The summed E-state index contributed by atoms with van der Waals surface area (Å²) in [6.07, 6.45) is -6.05. The molecule has 0 radical (unpaired) electrons. The first-order valence-corrected chi connectivity index (χ1v) is 13.2. The lowest BCUT2D eigenvalue weighted by molar-refractivity contribution is -0.242. The smallest absolute Gasteiger partial charge is 0.427 e. The summed E-state index contributed by atoms with van der Waals surface area (Å²) in [7, 11) is -4.32. The predicted octanol–water partition coefficient (Wildman–Crippen LogP) is 3.28. The number of nitrogens with two attached hydrogens (primary N) is 1. The van der Waals surface area contributed by atoms with Crippen molar-refractivity contribution in [3.8, 4) is 5.75 Å². The van der Waals surface area contributed by atoms with E-state index in [1.807, 2.05) is 0 Å². The fourth-order valence-corrected chi connectivity index (χ4v) is 5.13. The van der Waals surface area contributed by atoms with E-state index in [0.29, 0.717) is 26.7 Å². The predicted molar refractivity (Wildman–Crippen MR) is 131 cm³/mol. The molecule has 4 rings (SSSR count). The maximum Gasteiger partial charge on any atom is 0.427 e. The van der Waals surface area contributed by atoms with Crippen LogP contribution in [0.5, 0.6) is 5.75 Å². The standard InChI is InChI=1S/C24H26F4N4O6S/c1-22(2,24(26,27)28)38-21(34)31-15-5-8-19-18(11-15)32(39(35,36)17-6-3-14(25)4-7-17)13-16(37-19)12-30-20(33)23(29)9-10-23/h3-8,11,16H,9-10,12-13,29H2,1-2H3,(H,30,33)(H,31,34). The van der Waals surface area contributed by atoms with Gasteiger partial charge in [-0.05, 0) is 69.2 Å². The molecule has 2 aromatic rings. The molecule has 2 aliphatic rings. The van der Waals surface area contributed by atoms with Crippen LogP contribution in [0.1, 0.15) is 26.7 Å². The summed E-state index contributed by atoms with van der Waals surface area (Å²) < 4.78 is 91.2. The van der Waals surface area contributed by atoms with E-state index >= 15 is 0 Å². The Balaban J connectivity index is 1.61. The average molecular weight is 575 g/mol. The number of carbonyl (C=O) groups is 2. The number of nitrogens with one attached hydrogen (secondary N) is 2. The average Bonchev–Trinajstić information content (AvgIpc) is 3.59. The summed E-state index contributed by atoms with van der Waals surface area (Å²) in [5.41, 5.74) is 2.02. The zero-order valence-electron chi connectivity index (χ0n) is 20.8. The van der Waals surface area contributed by atoms with Gasteiger partial charge < -0.3 is 20.5 Å².